The second kappa shape index (κ2) is 7.60. The third kappa shape index (κ3) is 4.84. The van der Waals surface area contributed by atoms with E-state index in [1.165, 1.54) is 17.3 Å². The smallest absolute Gasteiger partial charge is 0.233 e. The predicted octanol–water partition coefficient (Wildman–Crippen LogP) is 3.78. The first kappa shape index (κ1) is 19.5. The van der Waals surface area contributed by atoms with E-state index in [2.05, 4.69) is 60.6 Å². The number of hydrogen-bond donors (Lipinski definition) is 1. The summed E-state index contributed by atoms with van der Waals surface area (Å²) in [5.74, 6) is 0.818. The van der Waals surface area contributed by atoms with Crippen LogP contribution in [0.4, 0.5) is 0 Å². The molecule has 1 aromatic heterocycles. The van der Waals surface area contributed by atoms with Crippen LogP contribution in [0.1, 0.15) is 47.1 Å². The summed E-state index contributed by atoms with van der Waals surface area (Å²) in [7, 11) is 1.93. The fourth-order valence-corrected chi connectivity index (χ4v) is 3.23. The lowest BCUT2D eigenvalue weighted by atomic mass is 9.87. The highest BCUT2D eigenvalue weighted by molar-refractivity contribution is 8.00. The Bertz CT molecular complexity index is 729. The van der Waals surface area contributed by atoms with Gasteiger partial charge in [0.1, 0.15) is 0 Å². The van der Waals surface area contributed by atoms with Crippen LogP contribution < -0.4 is 5.32 Å². The van der Waals surface area contributed by atoms with Crippen molar-refractivity contribution in [1.29, 1.82) is 0 Å². The minimum absolute atomic E-state index is 0.0130. The molecule has 0 fully saturated rings. The zero-order valence-corrected chi connectivity index (χ0v) is 16.9. The van der Waals surface area contributed by atoms with E-state index < -0.39 is 0 Å². The van der Waals surface area contributed by atoms with Gasteiger partial charge < -0.3 is 9.88 Å². The highest BCUT2D eigenvalue weighted by Crippen LogP contribution is 2.28. The number of nitrogens with zero attached hydrogens (tertiary/aromatic N) is 3. The molecule has 1 N–H and O–H groups in total. The third-order valence-corrected chi connectivity index (χ3v) is 5.06. The summed E-state index contributed by atoms with van der Waals surface area (Å²) < 4.78 is 1.94. The van der Waals surface area contributed by atoms with Crippen molar-refractivity contribution in [3.05, 3.63) is 29.8 Å². The van der Waals surface area contributed by atoms with Gasteiger partial charge in [-0.3, -0.25) is 4.79 Å². The van der Waals surface area contributed by atoms with Gasteiger partial charge in [0.2, 0.25) is 5.91 Å². The molecule has 2 aromatic rings. The second-order valence-electron chi connectivity index (χ2n) is 7.62. The largest absolute Gasteiger partial charge is 0.353 e. The molecule has 0 unspecified atom stereocenters. The van der Waals surface area contributed by atoms with E-state index in [9.17, 15) is 4.79 Å². The fraction of sp³-hybridized carbons (Fsp3) is 0.526. The molecule has 5 nitrogen and oxygen atoms in total. The van der Waals surface area contributed by atoms with Crippen molar-refractivity contribution in [3.63, 3.8) is 0 Å². The Hall–Kier alpha value is -1.82. The van der Waals surface area contributed by atoms with Gasteiger partial charge in [0.05, 0.1) is 5.25 Å². The molecule has 25 heavy (non-hydrogen) atoms. The van der Waals surface area contributed by atoms with Crippen LogP contribution in [0.3, 0.4) is 0 Å². The van der Waals surface area contributed by atoms with Crippen molar-refractivity contribution in [2.75, 3.05) is 0 Å². The van der Waals surface area contributed by atoms with Crippen molar-refractivity contribution in [3.8, 4) is 11.4 Å². The lowest BCUT2D eigenvalue weighted by molar-refractivity contribution is -0.120. The summed E-state index contributed by atoms with van der Waals surface area (Å²) in [4.78, 5) is 12.1. The summed E-state index contributed by atoms with van der Waals surface area (Å²) in [6, 6.07) is 8.55. The van der Waals surface area contributed by atoms with Crippen molar-refractivity contribution in [1.82, 2.24) is 20.1 Å². The molecule has 0 saturated heterocycles. The number of rotatable bonds is 5. The van der Waals surface area contributed by atoms with Crippen LogP contribution in [0.15, 0.2) is 29.4 Å². The van der Waals surface area contributed by atoms with E-state index >= 15 is 0 Å². The van der Waals surface area contributed by atoms with Crippen LogP contribution in [-0.2, 0) is 17.3 Å². The molecule has 2 rings (SSSR count). The first-order chi connectivity index (χ1) is 11.6. The summed E-state index contributed by atoms with van der Waals surface area (Å²) in [5.41, 5.74) is 2.43. The van der Waals surface area contributed by atoms with Crippen LogP contribution >= 0.6 is 11.8 Å². The summed E-state index contributed by atoms with van der Waals surface area (Å²) in [6.07, 6.45) is 0. The van der Waals surface area contributed by atoms with Crippen molar-refractivity contribution in [2.45, 2.75) is 63.4 Å². The number of thioether (sulfide) groups is 1. The van der Waals surface area contributed by atoms with Crippen molar-refractivity contribution in [2.24, 2.45) is 7.05 Å². The first-order valence-corrected chi connectivity index (χ1v) is 9.45. The van der Waals surface area contributed by atoms with E-state index in [4.69, 9.17) is 0 Å². The maximum absolute atomic E-state index is 12.1. The summed E-state index contributed by atoms with van der Waals surface area (Å²) >= 11 is 1.42. The van der Waals surface area contributed by atoms with Gasteiger partial charge in [0, 0.05) is 18.7 Å². The Kier molecular flexibility index (Phi) is 5.93. The molecule has 6 heteroatoms. The standard InChI is InChI=1S/C19H28N4OS/c1-12(2)20-17(24)13(3)25-18-22-21-16(23(18)7)14-8-10-15(11-9-14)19(4,5)6/h8-13H,1-7H3,(H,20,24)/t13-/m1/s1. The molecule has 0 saturated carbocycles. The number of carbonyl (C=O) groups excluding carboxylic acids is 1. The van der Waals surface area contributed by atoms with Gasteiger partial charge in [-0.05, 0) is 31.7 Å². The second-order valence-corrected chi connectivity index (χ2v) is 8.92. The average molecular weight is 361 g/mol. The lowest BCUT2D eigenvalue weighted by Gasteiger charge is -2.19. The molecule has 1 heterocycles. The van der Waals surface area contributed by atoms with Crippen LogP contribution in [0, 0.1) is 0 Å². The quantitative estimate of drug-likeness (QED) is 0.824. The SMILES string of the molecule is CC(C)NC(=O)[C@@H](C)Sc1nnc(-c2ccc(C(C)(C)C)cc2)n1C. The molecule has 0 bridgehead atoms. The monoisotopic (exact) mass is 360 g/mol. The fourth-order valence-electron chi connectivity index (χ4n) is 2.40. The molecule has 0 aliphatic rings. The Morgan fingerprint density at radius 3 is 2.24 bits per heavy atom. The van der Waals surface area contributed by atoms with Crippen LogP contribution in [0.25, 0.3) is 11.4 Å². The first-order valence-electron chi connectivity index (χ1n) is 8.57. The van der Waals surface area contributed by atoms with E-state index in [1.807, 2.05) is 32.4 Å². The number of aromatic nitrogens is 3. The zero-order chi connectivity index (χ0) is 18.8. The van der Waals surface area contributed by atoms with Crippen LogP contribution in [-0.4, -0.2) is 32.0 Å². The molecule has 1 atom stereocenters. The molecule has 0 radical (unpaired) electrons. The van der Waals surface area contributed by atoms with Gasteiger partial charge >= 0.3 is 0 Å². The molecule has 0 aliphatic heterocycles. The Labute approximate surface area is 154 Å². The van der Waals surface area contributed by atoms with Crippen molar-refractivity contribution >= 4 is 17.7 Å². The number of amides is 1. The van der Waals surface area contributed by atoms with E-state index in [0.717, 1.165) is 16.5 Å². The van der Waals surface area contributed by atoms with Crippen molar-refractivity contribution < 1.29 is 4.79 Å². The molecule has 1 aromatic carbocycles. The molecule has 1 amide bonds. The molecule has 0 spiro atoms. The normalized spacial score (nSPS) is 13.1. The summed E-state index contributed by atoms with van der Waals surface area (Å²) in [6.45, 7) is 12.4. The van der Waals surface area contributed by atoms with E-state index in [-0.39, 0.29) is 22.6 Å². The maximum Gasteiger partial charge on any atom is 0.233 e. The molecular weight excluding hydrogens is 332 g/mol. The third-order valence-electron chi connectivity index (χ3n) is 3.93. The minimum Gasteiger partial charge on any atom is -0.353 e. The number of benzene rings is 1. The number of hydrogen-bond acceptors (Lipinski definition) is 4. The summed E-state index contributed by atoms with van der Waals surface area (Å²) in [5, 5.41) is 12.0. The van der Waals surface area contributed by atoms with E-state index in [1.54, 1.807) is 0 Å². The molecule has 136 valence electrons. The molecule has 0 aliphatic carbocycles. The lowest BCUT2D eigenvalue weighted by Crippen LogP contribution is -2.36. The van der Waals surface area contributed by atoms with Gasteiger partial charge in [-0.25, -0.2) is 0 Å². The predicted molar refractivity (Wildman–Crippen MR) is 104 cm³/mol. The van der Waals surface area contributed by atoms with Gasteiger partial charge in [0.25, 0.3) is 0 Å². The highest BCUT2D eigenvalue weighted by Gasteiger charge is 2.20. The van der Waals surface area contributed by atoms with Gasteiger partial charge in [0.15, 0.2) is 11.0 Å². The zero-order valence-electron chi connectivity index (χ0n) is 16.1. The number of nitrogens with one attached hydrogen (secondary N) is 1. The van der Waals surface area contributed by atoms with Gasteiger partial charge in [-0.15, -0.1) is 10.2 Å². The average Bonchev–Trinajstić information content (AvgIpc) is 2.87. The van der Waals surface area contributed by atoms with Crippen LogP contribution in [0.2, 0.25) is 0 Å². The highest BCUT2D eigenvalue weighted by atomic mass is 32.2. The molecular formula is C19H28N4OS. The maximum atomic E-state index is 12.1. The van der Waals surface area contributed by atoms with Gasteiger partial charge in [-0.2, -0.15) is 0 Å². The Balaban J connectivity index is 2.17. The van der Waals surface area contributed by atoms with Crippen LogP contribution in [0.5, 0.6) is 0 Å². The van der Waals surface area contributed by atoms with Gasteiger partial charge in [-0.1, -0.05) is 56.8 Å². The Morgan fingerprint density at radius 1 is 1.12 bits per heavy atom. The number of carbonyl (C=O) groups is 1. The Morgan fingerprint density at radius 2 is 1.72 bits per heavy atom. The van der Waals surface area contributed by atoms with E-state index in [0.29, 0.717) is 0 Å². The minimum atomic E-state index is -0.221. The topological polar surface area (TPSA) is 59.8 Å².